The number of aromatic nitrogens is 1. The number of hydrogen-bond donors (Lipinski definition) is 7. The zero-order chi connectivity index (χ0) is 31.5. The molecular weight excluding hydrogens is 558 g/mol. The van der Waals surface area contributed by atoms with Gasteiger partial charge in [-0.1, -0.05) is 32.3 Å². The number of aromatic hydroxyl groups is 1. The van der Waals surface area contributed by atoms with Crippen molar-refractivity contribution in [3.05, 3.63) is 70.4 Å². The van der Waals surface area contributed by atoms with Gasteiger partial charge in [-0.05, 0) is 81.0 Å². The second-order valence-electron chi connectivity index (χ2n) is 12.4. The van der Waals surface area contributed by atoms with Crippen LogP contribution in [0.15, 0.2) is 40.9 Å². The van der Waals surface area contributed by atoms with E-state index in [1.807, 2.05) is 37.5 Å². The molecule has 1 aliphatic carbocycles. The van der Waals surface area contributed by atoms with E-state index in [0.29, 0.717) is 36.7 Å². The molecule has 0 saturated heterocycles. The third-order valence-corrected chi connectivity index (χ3v) is 8.87. The van der Waals surface area contributed by atoms with Gasteiger partial charge in [0.25, 0.3) is 0 Å². The standard InChI is InChI=1S/C35H53N3O6/c1-4-5-10-33-27(21-39)16-28(44-33)13-11-24-12-14-31(41)34(15-24)43-22-32(42)29-17-26(19-38-29)35(25-8-6-7-9-25)30(20-36-3)37-18-23(2)40/h12,14-17,19,23,25,30,32,35-42H,4-11,13,18,20-22H2,1-3H3. The molecule has 1 aliphatic rings. The highest BCUT2D eigenvalue weighted by Crippen LogP contribution is 2.40. The highest BCUT2D eigenvalue weighted by atomic mass is 16.5. The van der Waals surface area contributed by atoms with Crippen molar-refractivity contribution in [2.24, 2.45) is 5.92 Å². The normalized spacial score (nSPS) is 16.7. The van der Waals surface area contributed by atoms with Gasteiger partial charge >= 0.3 is 0 Å². The van der Waals surface area contributed by atoms with E-state index in [1.54, 1.807) is 13.0 Å². The summed E-state index contributed by atoms with van der Waals surface area (Å²) in [5, 5.41) is 48.0. The Labute approximate surface area is 262 Å². The summed E-state index contributed by atoms with van der Waals surface area (Å²) in [6.45, 7) is 5.19. The lowest BCUT2D eigenvalue weighted by molar-refractivity contribution is 0.103. The first-order chi connectivity index (χ1) is 21.3. The van der Waals surface area contributed by atoms with Crippen LogP contribution < -0.4 is 15.4 Å². The third-order valence-electron chi connectivity index (χ3n) is 8.87. The van der Waals surface area contributed by atoms with Gasteiger partial charge in [0.15, 0.2) is 11.5 Å². The molecule has 0 amide bonds. The topological polar surface area (TPSA) is 143 Å². The smallest absolute Gasteiger partial charge is 0.161 e. The molecule has 4 rings (SSSR count). The van der Waals surface area contributed by atoms with Crippen molar-refractivity contribution >= 4 is 0 Å². The number of rotatable bonds is 19. The number of aromatic amines is 1. The van der Waals surface area contributed by atoms with Crippen LogP contribution in [0.3, 0.4) is 0 Å². The number of likely N-dealkylation sites (N-methyl/N-ethyl adjacent to an activating group) is 1. The first-order valence-corrected chi connectivity index (χ1v) is 16.4. The molecule has 2 aromatic heterocycles. The van der Waals surface area contributed by atoms with Crippen LogP contribution in [0.2, 0.25) is 0 Å². The first kappa shape index (κ1) is 34.1. The van der Waals surface area contributed by atoms with E-state index in [9.17, 15) is 20.4 Å². The van der Waals surface area contributed by atoms with E-state index in [2.05, 4.69) is 22.5 Å². The van der Waals surface area contributed by atoms with E-state index in [-0.39, 0.29) is 30.9 Å². The summed E-state index contributed by atoms with van der Waals surface area (Å²) in [6.07, 6.45) is 9.73. The molecule has 4 unspecified atom stereocenters. The van der Waals surface area contributed by atoms with Crippen LogP contribution in [0, 0.1) is 5.92 Å². The van der Waals surface area contributed by atoms with Crippen LogP contribution in [-0.2, 0) is 25.9 Å². The van der Waals surface area contributed by atoms with Gasteiger partial charge in [0, 0.05) is 55.3 Å². The zero-order valence-electron chi connectivity index (χ0n) is 26.6. The summed E-state index contributed by atoms with van der Waals surface area (Å²) in [6, 6.07) is 9.41. The Bertz CT molecular complexity index is 1270. The highest BCUT2D eigenvalue weighted by molar-refractivity contribution is 5.42. The Morgan fingerprint density at radius 1 is 1.07 bits per heavy atom. The van der Waals surface area contributed by atoms with Gasteiger partial charge in [0.1, 0.15) is 24.2 Å². The molecule has 1 fully saturated rings. The number of benzene rings is 1. The van der Waals surface area contributed by atoms with Crippen molar-refractivity contribution in [3.63, 3.8) is 0 Å². The molecule has 0 spiro atoms. The largest absolute Gasteiger partial charge is 0.504 e. The number of unbranched alkanes of at least 4 members (excludes halogenated alkanes) is 1. The fraction of sp³-hybridized carbons (Fsp3) is 0.600. The van der Waals surface area contributed by atoms with Crippen LogP contribution in [0.4, 0.5) is 0 Å². The minimum absolute atomic E-state index is 0.00981. The van der Waals surface area contributed by atoms with E-state index < -0.39 is 12.2 Å². The van der Waals surface area contributed by atoms with Crippen LogP contribution >= 0.6 is 0 Å². The number of aryl methyl sites for hydroxylation is 3. The molecule has 1 saturated carbocycles. The first-order valence-electron chi connectivity index (χ1n) is 16.4. The molecule has 4 atom stereocenters. The Morgan fingerprint density at radius 2 is 1.86 bits per heavy atom. The number of H-pyrrole nitrogens is 1. The van der Waals surface area contributed by atoms with Gasteiger partial charge in [-0.15, -0.1) is 0 Å². The predicted molar refractivity (Wildman–Crippen MR) is 172 cm³/mol. The van der Waals surface area contributed by atoms with Crippen LogP contribution in [0.25, 0.3) is 0 Å². The lowest BCUT2D eigenvalue weighted by atomic mass is 9.80. The van der Waals surface area contributed by atoms with E-state index in [0.717, 1.165) is 54.0 Å². The average molecular weight is 612 g/mol. The van der Waals surface area contributed by atoms with Crippen molar-refractivity contribution in [2.45, 2.75) is 102 Å². The minimum atomic E-state index is -0.897. The van der Waals surface area contributed by atoms with Gasteiger partial charge in [-0.25, -0.2) is 0 Å². The lowest BCUT2D eigenvalue weighted by Gasteiger charge is -2.33. The maximum Gasteiger partial charge on any atom is 0.161 e. The number of aliphatic hydroxyl groups is 3. The van der Waals surface area contributed by atoms with Gasteiger partial charge in [0.05, 0.1) is 12.7 Å². The highest BCUT2D eigenvalue weighted by Gasteiger charge is 2.33. The number of nitrogens with one attached hydrogen (secondary N) is 3. The lowest BCUT2D eigenvalue weighted by Crippen LogP contribution is -2.46. The summed E-state index contributed by atoms with van der Waals surface area (Å²) >= 11 is 0. The number of phenolic OH excluding ortho intramolecular Hbond substituents is 1. The fourth-order valence-corrected chi connectivity index (χ4v) is 6.52. The van der Waals surface area contributed by atoms with Crippen LogP contribution in [0.5, 0.6) is 11.5 Å². The second kappa shape index (κ2) is 17.0. The third kappa shape index (κ3) is 9.34. The maximum absolute atomic E-state index is 11.1. The molecule has 0 aliphatic heterocycles. The molecule has 44 heavy (non-hydrogen) atoms. The van der Waals surface area contributed by atoms with Gasteiger partial charge < -0.3 is 45.2 Å². The average Bonchev–Trinajstić information content (AvgIpc) is 3.80. The molecule has 9 nitrogen and oxygen atoms in total. The van der Waals surface area contributed by atoms with Gasteiger partial charge in [-0.3, -0.25) is 0 Å². The molecule has 244 valence electrons. The fourth-order valence-electron chi connectivity index (χ4n) is 6.52. The minimum Gasteiger partial charge on any atom is -0.504 e. The molecule has 2 heterocycles. The van der Waals surface area contributed by atoms with Crippen molar-refractivity contribution in [1.82, 2.24) is 15.6 Å². The zero-order valence-corrected chi connectivity index (χ0v) is 26.6. The number of furan rings is 1. The monoisotopic (exact) mass is 611 g/mol. The SMILES string of the molecule is CCCCc1oc(CCc2ccc(O)c(OCC(O)c3cc(C(C4CCCC4)C(CNC)NCC(C)O)c[nH]3)c2)cc1CO. The Kier molecular flexibility index (Phi) is 13.2. The van der Waals surface area contributed by atoms with E-state index in [1.165, 1.54) is 25.7 Å². The molecular formula is C35H53N3O6. The maximum atomic E-state index is 11.1. The molecule has 7 N–H and O–H groups in total. The second-order valence-corrected chi connectivity index (χ2v) is 12.4. The summed E-state index contributed by atoms with van der Waals surface area (Å²) in [5.74, 6) is 2.83. The van der Waals surface area contributed by atoms with Crippen molar-refractivity contribution < 1.29 is 29.6 Å². The van der Waals surface area contributed by atoms with Crippen molar-refractivity contribution in [3.8, 4) is 11.5 Å². The summed E-state index contributed by atoms with van der Waals surface area (Å²) < 4.78 is 11.9. The van der Waals surface area contributed by atoms with E-state index in [4.69, 9.17) is 9.15 Å². The van der Waals surface area contributed by atoms with Crippen molar-refractivity contribution in [2.75, 3.05) is 26.7 Å². The molecule has 0 radical (unpaired) electrons. The van der Waals surface area contributed by atoms with Crippen LogP contribution in [0.1, 0.15) is 98.3 Å². The quantitative estimate of drug-likeness (QED) is 0.102. The summed E-state index contributed by atoms with van der Waals surface area (Å²) in [4.78, 5) is 3.28. The Morgan fingerprint density at radius 3 is 2.57 bits per heavy atom. The number of aliphatic hydroxyl groups excluding tert-OH is 3. The Balaban J connectivity index is 1.39. The molecule has 3 aromatic rings. The molecule has 1 aromatic carbocycles. The van der Waals surface area contributed by atoms with Gasteiger partial charge in [-0.2, -0.15) is 0 Å². The summed E-state index contributed by atoms with van der Waals surface area (Å²) in [5.41, 5.74) is 3.65. The van der Waals surface area contributed by atoms with E-state index >= 15 is 0 Å². The molecule has 0 bridgehead atoms. The van der Waals surface area contributed by atoms with Crippen LogP contribution in [-0.4, -0.2) is 64.3 Å². The van der Waals surface area contributed by atoms with Crippen molar-refractivity contribution in [1.29, 1.82) is 0 Å². The Hall–Kier alpha value is -2.82. The molecule has 9 heteroatoms. The summed E-state index contributed by atoms with van der Waals surface area (Å²) in [7, 11) is 1.95. The number of ether oxygens (including phenoxy) is 1. The number of phenols is 1. The van der Waals surface area contributed by atoms with Gasteiger partial charge in [0.2, 0.25) is 0 Å². The number of hydrogen-bond acceptors (Lipinski definition) is 8. The predicted octanol–water partition coefficient (Wildman–Crippen LogP) is 4.88.